The molecule has 0 saturated carbocycles. The van der Waals surface area contributed by atoms with Crippen molar-refractivity contribution >= 4 is 10.8 Å². The van der Waals surface area contributed by atoms with Gasteiger partial charge in [0.25, 0.3) is 0 Å². The zero-order valence-corrected chi connectivity index (χ0v) is 10.6. The van der Waals surface area contributed by atoms with Crippen molar-refractivity contribution in [1.29, 1.82) is 0 Å². The van der Waals surface area contributed by atoms with Crippen LogP contribution in [-0.4, -0.2) is 41.0 Å². The van der Waals surface area contributed by atoms with E-state index < -0.39 is 10.8 Å². The Balaban J connectivity index is 2.12. The summed E-state index contributed by atoms with van der Waals surface area (Å²) in [6, 6.07) is 0.567. The molecule has 3 nitrogen and oxygen atoms in total. The van der Waals surface area contributed by atoms with Crippen LogP contribution in [0.2, 0.25) is 0 Å². The maximum atomic E-state index is 11.2. The lowest BCUT2D eigenvalue weighted by molar-refractivity contribution is 0.000344. The summed E-state index contributed by atoms with van der Waals surface area (Å²) >= 11 is 0. The second-order valence-corrected chi connectivity index (χ2v) is 5.87. The summed E-state index contributed by atoms with van der Waals surface area (Å²) in [6.45, 7) is 5.88. The molecule has 1 saturated heterocycles. The monoisotopic (exact) mass is 233 g/mol. The molecule has 4 heteroatoms. The van der Waals surface area contributed by atoms with E-state index >= 15 is 0 Å². The van der Waals surface area contributed by atoms with Crippen molar-refractivity contribution in [2.24, 2.45) is 0 Å². The fraction of sp³-hybridized carbons (Fsp3) is 1.00. The predicted octanol–water partition coefficient (Wildman–Crippen LogP) is 1.30. The zero-order chi connectivity index (χ0) is 11.1. The molecule has 1 fully saturated rings. The Hall–Kier alpha value is 0.0700. The molecule has 15 heavy (non-hydrogen) atoms. The summed E-state index contributed by atoms with van der Waals surface area (Å²) in [5.74, 6) is 1.55. The van der Waals surface area contributed by atoms with E-state index in [-0.39, 0.29) is 0 Å². The van der Waals surface area contributed by atoms with Crippen LogP contribution in [0.1, 0.15) is 33.1 Å². The van der Waals surface area contributed by atoms with Gasteiger partial charge in [0.05, 0.1) is 6.10 Å². The van der Waals surface area contributed by atoms with Gasteiger partial charge in [-0.25, -0.2) is 0 Å². The van der Waals surface area contributed by atoms with Crippen molar-refractivity contribution < 1.29 is 8.95 Å². The number of nitrogens with one attached hydrogen (secondary N) is 1. The van der Waals surface area contributed by atoms with Crippen LogP contribution in [0.3, 0.4) is 0 Å². The molecule has 0 aromatic heterocycles. The van der Waals surface area contributed by atoms with Crippen molar-refractivity contribution in [2.75, 3.05) is 24.7 Å². The van der Waals surface area contributed by atoms with Gasteiger partial charge in [-0.2, -0.15) is 0 Å². The van der Waals surface area contributed by atoms with Crippen LogP contribution in [0.25, 0.3) is 0 Å². The summed E-state index contributed by atoms with van der Waals surface area (Å²) in [7, 11) is -0.636. The third-order valence-electron chi connectivity index (χ3n) is 2.91. The fourth-order valence-corrected chi connectivity index (χ4v) is 2.51. The van der Waals surface area contributed by atoms with Crippen LogP contribution in [0.4, 0.5) is 0 Å². The summed E-state index contributed by atoms with van der Waals surface area (Å²) in [5, 5.41) is 3.48. The quantitative estimate of drug-likeness (QED) is 0.751. The Kier molecular flexibility index (Phi) is 6.45. The molecule has 1 aliphatic heterocycles. The normalized spacial score (nSPS) is 28.9. The second kappa shape index (κ2) is 7.36. The molecule has 1 aliphatic rings. The first-order valence-electron chi connectivity index (χ1n) is 5.96. The van der Waals surface area contributed by atoms with E-state index in [9.17, 15) is 4.21 Å². The van der Waals surface area contributed by atoms with Gasteiger partial charge in [0.15, 0.2) is 0 Å². The molecule has 3 atom stereocenters. The zero-order valence-electron chi connectivity index (χ0n) is 9.83. The molecule has 3 unspecified atom stereocenters. The molecule has 0 aromatic carbocycles. The van der Waals surface area contributed by atoms with Gasteiger partial charge < -0.3 is 10.1 Å². The molecule has 0 bridgehead atoms. The molecule has 0 aliphatic carbocycles. The Bertz CT molecular complexity index is 199. The van der Waals surface area contributed by atoms with Crippen LogP contribution in [0.5, 0.6) is 0 Å². The lowest BCUT2D eigenvalue weighted by Gasteiger charge is -2.29. The highest BCUT2D eigenvalue weighted by Crippen LogP contribution is 2.15. The first-order valence-corrected chi connectivity index (χ1v) is 7.45. The Morgan fingerprint density at radius 3 is 2.93 bits per heavy atom. The molecule has 1 N–H and O–H groups in total. The lowest BCUT2D eigenvalue weighted by Crippen LogP contribution is -2.40. The third-order valence-corrected chi connectivity index (χ3v) is 4.21. The smallest absolute Gasteiger partial charge is 0.0587 e. The van der Waals surface area contributed by atoms with E-state index in [1.807, 2.05) is 6.92 Å². The average Bonchev–Trinajstić information content (AvgIpc) is 2.29. The highest BCUT2D eigenvalue weighted by molar-refractivity contribution is 7.84. The van der Waals surface area contributed by atoms with Crippen molar-refractivity contribution in [3.63, 3.8) is 0 Å². The molecule has 1 rings (SSSR count). The van der Waals surface area contributed by atoms with Crippen LogP contribution in [0.15, 0.2) is 0 Å². The highest BCUT2D eigenvalue weighted by Gasteiger charge is 2.20. The van der Waals surface area contributed by atoms with E-state index in [1.165, 1.54) is 0 Å². The van der Waals surface area contributed by atoms with E-state index in [0.29, 0.717) is 12.1 Å². The van der Waals surface area contributed by atoms with Gasteiger partial charge in [0.1, 0.15) is 0 Å². The summed E-state index contributed by atoms with van der Waals surface area (Å²) in [4.78, 5) is 0. The van der Waals surface area contributed by atoms with Crippen molar-refractivity contribution in [1.82, 2.24) is 5.32 Å². The van der Waals surface area contributed by atoms with Crippen LogP contribution in [0, 0.1) is 0 Å². The van der Waals surface area contributed by atoms with Gasteiger partial charge in [-0.3, -0.25) is 4.21 Å². The third kappa shape index (κ3) is 5.09. The van der Waals surface area contributed by atoms with Gasteiger partial charge >= 0.3 is 0 Å². The molecule has 0 amide bonds. The molecular weight excluding hydrogens is 210 g/mol. The van der Waals surface area contributed by atoms with E-state index in [2.05, 4.69) is 12.2 Å². The average molecular weight is 233 g/mol. The summed E-state index contributed by atoms with van der Waals surface area (Å²) < 4.78 is 16.8. The Morgan fingerprint density at radius 1 is 1.47 bits per heavy atom. The number of rotatable bonds is 6. The summed E-state index contributed by atoms with van der Waals surface area (Å²) in [6.07, 6.45) is 3.72. The van der Waals surface area contributed by atoms with Gasteiger partial charge in [0, 0.05) is 41.5 Å². The molecule has 0 aromatic rings. The molecule has 0 spiro atoms. The van der Waals surface area contributed by atoms with Crippen LogP contribution in [-0.2, 0) is 15.5 Å². The number of hydrogen-bond donors (Lipinski definition) is 1. The van der Waals surface area contributed by atoms with Crippen molar-refractivity contribution in [2.45, 2.75) is 45.3 Å². The molecule has 0 radical (unpaired) electrons. The number of hydrogen-bond acceptors (Lipinski definition) is 3. The highest BCUT2D eigenvalue weighted by atomic mass is 32.2. The van der Waals surface area contributed by atoms with Gasteiger partial charge in [-0.1, -0.05) is 13.8 Å². The minimum Gasteiger partial charge on any atom is -0.378 e. The Labute approximate surface area is 95.4 Å². The fourth-order valence-electron chi connectivity index (χ4n) is 1.87. The largest absolute Gasteiger partial charge is 0.378 e. The second-order valence-electron chi connectivity index (χ2n) is 4.01. The Morgan fingerprint density at radius 2 is 2.27 bits per heavy atom. The van der Waals surface area contributed by atoms with Gasteiger partial charge in [-0.05, 0) is 19.3 Å². The van der Waals surface area contributed by atoms with E-state index in [4.69, 9.17) is 4.74 Å². The standard InChI is InChI=1S/C11H23NO2S/c1-3-11-9-10(5-7-14-11)12-6-8-15(13)4-2/h10-12H,3-9H2,1-2H3. The molecular formula is C11H23NO2S. The number of ether oxygens (including phenoxy) is 1. The van der Waals surface area contributed by atoms with Crippen LogP contribution >= 0.6 is 0 Å². The minimum atomic E-state index is -0.636. The SMILES string of the molecule is CCC1CC(NCCS(=O)CC)CCO1. The van der Waals surface area contributed by atoms with Crippen molar-refractivity contribution in [3.8, 4) is 0 Å². The maximum absolute atomic E-state index is 11.2. The summed E-state index contributed by atoms with van der Waals surface area (Å²) in [5.41, 5.74) is 0. The van der Waals surface area contributed by atoms with E-state index in [1.54, 1.807) is 0 Å². The molecule has 1 heterocycles. The lowest BCUT2D eigenvalue weighted by atomic mass is 10.0. The maximum Gasteiger partial charge on any atom is 0.0587 e. The van der Waals surface area contributed by atoms with Gasteiger partial charge in [-0.15, -0.1) is 0 Å². The topological polar surface area (TPSA) is 38.3 Å². The first-order chi connectivity index (χ1) is 7.26. The molecule has 90 valence electrons. The van der Waals surface area contributed by atoms with Crippen molar-refractivity contribution in [3.05, 3.63) is 0 Å². The van der Waals surface area contributed by atoms with Crippen LogP contribution < -0.4 is 5.32 Å². The van der Waals surface area contributed by atoms with Gasteiger partial charge in [0.2, 0.25) is 0 Å². The first kappa shape index (κ1) is 13.1. The minimum absolute atomic E-state index is 0.424. The van der Waals surface area contributed by atoms with E-state index in [0.717, 1.165) is 43.9 Å². The predicted molar refractivity (Wildman–Crippen MR) is 64.6 cm³/mol.